The lowest BCUT2D eigenvalue weighted by atomic mass is 10.1. The molecule has 2 aromatic rings. The molecule has 0 unspecified atom stereocenters. The van der Waals surface area contributed by atoms with Gasteiger partial charge in [0.15, 0.2) is 0 Å². The number of aromatic nitrogens is 1. The predicted octanol–water partition coefficient (Wildman–Crippen LogP) is 3.72. The van der Waals surface area contributed by atoms with Gasteiger partial charge in [-0.05, 0) is 42.8 Å². The van der Waals surface area contributed by atoms with Crippen LogP contribution in [-0.4, -0.2) is 10.9 Å². The Labute approximate surface area is 113 Å². The largest absolute Gasteiger partial charge is 0.321 e. The zero-order valence-corrected chi connectivity index (χ0v) is 10.5. The molecule has 0 spiro atoms. The molecule has 0 aliphatic heterocycles. The molecule has 6 heteroatoms. The molecular formula is C14H11F3N2O. The molecule has 0 saturated carbocycles. The van der Waals surface area contributed by atoms with Crippen LogP contribution in [0.15, 0.2) is 36.5 Å². The maximum atomic E-state index is 12.7. The Morgan fingerprint density at radius 3 is 2.45 bits per heavy atom. The van der Waals surface area contributed by atoms with Crippen molar-refractivity contribution in [1.29, 1.82) is 0 Å². The van der Waals surface area contributed by atoms with E-state index >= 15 is 0 Å². The van der Waals surface area contributed by atoms with Crippen molar-refractivity contribution >= 4 is 11.6 Å². The Morgan fingerprint density at radius 1 is 1.25 bits per heavy atom. The van der Waals surface area contributed by atoms with Crippen molar-refractivity contribution in [3.63, 3.8) is 0 Å². The Bertz CT molecular complexity index is 627. The van der Waals surface area contributed by atoms with E-state index in [0.29, 0.717) is 11.3 Å². The number of carbonyl (C=O) groups is 1. The Kier molecular flexibility index (Phi) is 4.02. The molecule has 1 N–H and O–H groups in total. The number of carbonyl (C=O) groups excluding carboxylic acids is 1. The molecular weight excluding hydrogens is 269 g/mol. The fourth-order valence-corrected chi connectivity index (χ4v) is 1.68. The van der Waals surface area contributed by atoms with Crippen LogP contribution in [-0.2, 0) is 0 Å². The number of rotatable bonds is 3. The summed E-state index contributed by atoms with van der Waals surface area (Å²) in [5, 5.41) is 2.52. The molecule has 0 atom stereocenters. The number of pyridine rings is 1. The van der Waals surface area contributed by atoms with Crippen LogP contribution < -0.4 is 5.32 Å². The second kappa shape index (κ2) is 5.73. The standard InChI is InChI=1S/C14H11F3N2O/c1-8-6-9(13(16)17)7-18-12(8)14(20)19-11-4-2-10(15)3-5-11/h2-7,13H,1H3,(H,19,20). The summed E-state index contributed by atoms with van der Waals surface area (Å²) < 4.78 is 37.7. The maximum absolute atomic E-state index is 12.7. The Hall–Kier alpha value is -2.37. The molecule has 1 amide bonds. The minimum absolute atomic E-state index is 0.0544. The number of halogens is 3. The van der Waals surface area contributed by atoms with E-state index in [9.17, 15) is 18.0 Å². The van der Waals surface area contributed by atoms with E-state index in [4.69, 9.17) is 0 Å². The number of alkyl halides is 2. The van der Waals surface area contributed by atoms with Gasteiger partial charge >= 0.3 is 0 Å². The minimum atomic E-state index is -2.63. The Morgan fingerprint density at radius 2 is 1.90 bits per heavy atom. The molecule has 0 bridgehead atoms. The molecule has 0 saturated heterocycles. The maximum Gasteiger partial charge on any atom is 0.274 e. The normalized spacial score (nSPS) is 10.7. The molecule has 0 radical (unpaired) electrons. The van der Waals surface area contributed by atoms with Crippen molar-refractivity contribution in [1.82, 2.24) is 4.98 Å². The van der Waals surface area contributed by atoms with Crippen LogP contribution in [0.4, 0.5) is 18.9 Å². The second-order valence-corrected chi connectivity index (χ2v) is 4.20. The molecule has 1 aromatic heterocycles. The van der Waals surface area contributed by atoms with Crippen LogP contribution in [0.5, 0.6) is 0 Å². The van der Waals surface area contributed by atoms with Crippen molar-refractivity contribution in [2.45, 2.75) is 13.3 Å². The van der Waals surface area contributed by atoms with Gasteiger partial charge in [0.25, 0.3) is 12.3 Å². The lowest BCUT2D eigenvalue weighted by Gasteiger charge is -2.08. The first kappa shape index (κ1) is 14.0. The average molecular weight is 280 g/mol. The predicted molar refractivity (Wildman–Crippen MR) is 68.3 cm³/mol. The van der Waals surface area contributed by atoms with Crippen LogP contribution in [0.1, 0.15) is 28.0 Å². The quantitative estimate of drug-likeness (QED) is 0.931. The summed E-state index contributed by atoms with van der Waals surface area (Å²) in [6.07, 6.45) is -1.66. The summed E-state index contributed by atoms with van der Waals surface area (Å²) in [7, 11) is 0. The molecule has 1 heterocycles. The highest BCUT2D eigenvalue weighted by molar-refractivity contribution is 6.03. The SMILES string of the molecule is Cc1cc(C(F)F)cnc1C(=O)Nc1ccc(F)cc1. The first-order valence-electron chi connectivity index (χ1n) is 5.79. The van der Waals surface area contributed by atoms with E-state index < -0.39 is 18.1 Å². The van der Waals surface area contributed by atoms with E-state index in [1.165, 1.54) is 37.3 Å². The summed E-state index contributed by atoms with van der Waals surface area (Å²) in [5.41, 5.74) is 0.567. The van der Waals surface area contributed by atoms with Gasteiger partial charge in [0.05, 0.1) is 0 Å². The van der Waals surface area contributed by atoms with Crippen molar-refractivity contribution in [3.8, 4) is 0 Å². The zero-order chi connectivity index (χ0) is 14.7. The molecule has 2 rings (SSSR count). The van der Waals surface area contributed by atoms with E-state index in [-0.39, 0.29) is 11.3 Å². The van der Waals surface area contributed by atoms with Gasteiger partial charge in [-0.25, -0.2) is 13.2 Å². The van der Waals surface area contributed by atoms with Crippen molar-refractivity contribution in [2.75, 3.05) is 5.32 Å². The van der Waals surface area contributed by atoms with Gasteiger partial charge in [-0.3, -0.25) is 9.78 Å². The number of hydrogen-bond acceptors (Lipinski definition) is 2. The number of nitrogens with zero attached hydrogens (tertiary/aromatic N) is 1. The van der Waals surface area contributed by atoms with Crippen molar-refractivity contribution < 1.29 is 18.0 Å². The molecule has 20 heavy (non-hydrogen) atoms. The molecule has 3 nitrogen and oxygen atoms in total. The highest BCUT2D eigenvalue weighted by atomic mass is 19.3. The molecule has 0 fully saturated rings. The Balaban J connectivity index is 2.19. The molecule has 0 aliphatic rings. The molecule has 104 valence electrons. The van der Waals surface area contributed by atoms with Gasteiger partial charge < -0.3 is 5.32 Å². The van der Waals surface area contributed by atoms with Crippen LogP contribution in [0.3, 0.4) is 0 Å². The lowest BCUT2D eigenvalue weighted by Crippen LogP contribution is -2.15. The summed E-state index contributed by atoms with van der Waals surface area (Å²) >= 11 is 0. The van der Waals surface area contributed by atoms with E-state index in [0.717, 1.165) is 6.20 Å². The third-order valence-corrected chi connectivity index (χ3v) is 2.67. The van der Waals surface area contributed by atoms with Crippen molar-refractivity contribution in [2.24, 2.45) is 0 Å². The summed E-state index contributed by atoms with van der Waals surface area (Å²) in [5.74, 6) is -0.950. The average Bonchev–Trinajstić information content (AvgIpc) is 2.41. The van der Waals surface area contributed by atoms with Gasteiger partial charge in [0.1, 0.15) is 11.5 Å². The monoisotopic (exact) mass is 280 g/mol. The van der Waals surface area contributed by atoms with Gasteiger partial charge in [0, 0.05) is 17.4 Å². The third kappa shape index (κ3) is 3.14. The number of amides is 1. The topological polar surface area (TPSA) is 42.0 Å². The zero-order valence-electron chi connectivity index (χ0n) is 10.5. The van der Waals surface area contributed by atoms with Crippen LogP contribution >= 0.6 is 0 Å². The minimum Gasteiger partial charge on any atom is -0.321 e. The number of hydrogen-bond donors (Lipinski definition) is 1. The summed E-state index contributed by atoms with van der Waals surface area (Å²) in [4.78, 5) is 15.7. The summed E-state index contributed by atoms with van der Waals surface area (Å²) in [6, 6.07) is 6.43. The lowest BCUT2D eigenvalue weighted by molar-refractivity contribution is 0.102. The van der Waals surface area contributed by atoms with Crippen LogP contribution in [0, 0.1) is 12.7 Å². The molecule has 1 aromatic carbocycles. The van der Waals surface area contributed by atoms with Gasteiger partial charge in [-0.15, -0.1) is 0 Å². The first-order chi connectivity index (χ1) is 9.47. The fourth-order valence-electron chi connectivity index (χ4n) is 1.68. The van der Waals surface area contributed by atoms with Gasteiger partial charge in [-0.1, -0.05) is 0 Å². The highest BCUT2D eigenvalue weighted by Gasteiger charge is 2.15. The highest BCUT2D eigenvalue weighted by Crippen LogP contribution is 2.20. The van der Waals surface area contributed by atoms with Crippen LogP contribution in [0.25, 0.3) is 0 Å². The summed E-state index contributed by atoms with van der Waals surface area (Å²) in [6.45, 7) is 1.53. The number of nitrogens with one attached hydrogen (secondary N) is 1. The van der Waals surface area contributed by atoms with Crippen molar-refractivity contribution in [3.05, 3.63) is 59.2 Å². The van der Waals surface area contributed by atoms with Crippen LogP contribution in [0.2, 0.25) is 0 Å². The third-order valence-electron chi connectivity index (χ3n) is 2.67. The van der Waals surface area contributed by atoms with Gasteiger partial charge in [0.2, 0.25) is 0 Å². The van der Waals surface area contributed by atoms with E-state index in [1.54, 1.807) is 0 Å². The number of aryl methyl sites for hydroxylation is 1. The van der Waals surface area contributed by atoms with Gasteiger partial charge in [-0.2, -0.15) is 0 Å². The van der Waals surface area contributed by atoms with E-state index in [1.807, 2.05) is 0 Å². The smallest absolute Gasteiger partial charge is 0.274 e. The second-order valence-electron chi connectivity index (χ2n) is 4.20. The van der Waals surface area contributed by atoms with E-state index in [2.05, 4.69) is 10.3 Å². The molecule has 0 aliphatic carbocycles. The first-order valence-corrected chi connectivity index (χ1v) is 5.79. The number of benzene rings is 1. The number of anilines is 1. The fraction of sp³-hybridized carbons (Fsp3) is 0.143.